The number of rotatable bonds is 5. The topological polar surface area (TPSA) is 83.5 Å². The van der Waals surface area contributed by atoms with Gasteiger partial charge < -0.3 is 10.4 Å². The fourth-order valence-electron chi connectivity index (χ4n) is 1.59. The molecule has 1 aromatic carbocycles. The number of aryl methyl sites for hydroxylation is 1. The summed E-state index contributed by atoms with van der Waals surface area (Å²) in [5.74, 6) is -0.990. The zero-order valence-corrected chi connectivity index (χ0v) is 12.1. The van der Waals surface area contributed by atoms with Crippen LogP contribution in [0.15, 0.2) is 18.2 Å². The number of aliphatic hydroxyl groups is 1. The van der Waals surface area contributed by atoms with Crippen LogP contribution in [-0.4, -0.2) is 37.0 Å². The molecule has 0 aliphatic carbocycles. The SMILES string of the molecule is Cc1cccc(NC(=O)C(C)S(=O)(=O)CCO)c1C. The standard InChI is InChI=1S/C13H19NO4S/c1-9-5-4-6-12(10(9)2)14-13(16)11(3)19(17,18)8-7-15/h4-6,11,15H,7-8H2,1-3H3,(H,14,16). The smallest absolute Gasteiger partial charge is 0.242 e. The molecule has 0 aromatic heterocycles. The van der Waals surface area contributed by atoms with Crippen molar-refractivity contribution >= 4 is 21.4 Å². The predicted molar refractivity (Wildman–Crippen MR) is 74.9 cm³/mol. The Morgan fingerprint density at radius 3 is 2.58 bits per heavy atom. The summed E-state index contributed by atoms with van der Waals surface area (Å²) in [6, 6.07) is 5.44. The fraction of sp³-hybridized carbons (Fsp3) is 0.462. The Kier molecular flexibility index (Phi) is 5.08. The summed E-state index contributed by atoms with van der Waals surface area (Å²) in [6.07, 6.45) is 0. The molecule has 1 aromatic rings. The van der Waals surface area contributed by atoms with Gasteiger partial charge >= 0.3 is 0 Å². The van der Waals surface area contributed by atoms with Gasteiger partial charge in [-0.2, -0.15) is 0 Å². The number of carbonyl (C=O) groups is 1. The minimum Gasteiger partial charge on any atom is -0.395 e. The number of nitrogens with one attached hydrogen (secondary N) is 1. The average Bonchev–Trinajstić information content (AvgIpc) is 2.33. The van der Waals surface area contributed by atoms with E-state index in [-0.39, 0.29) is 0 Å². The van der Waals surface area contributed by atoms with E-state index in [2.05, 4.69) is 5.32 Å². The molecule has 1 rings (SSSR count). The Bertz CT molecular complexity index is 566. The zero-order valence-electron chi connectivity index (χ0n) is 11.3. The molecule has 1 atom stereocenters. The molecule has 0 fully saturated rings. The van der Waals surface area contributed by atoms with Gasteiger partial charge in [0, 0.05) is 5.69 Å². The molecule has 0 bridgehead atoms. The van der Waals surface area contributed by atoms with Crippen LogP contribution in [0.2, 0.25) is 0 Å². The van der Waals surface area contributed by atoms with Crippen LogP contribution in [0.4, 0.5) is 5.69 Å². The molecule has 0 aliphatic rings. The van der Waals surface area contributed by atoms with Gasteiger partial charge in [-0.15, -0.1) is 0 Å². The third kappa shape index (κ3) is 3.78. The number of amides is 1. The summed E-state index contributed by atoms with van der Waals surface area (Å²) in [4.78, 5) is 11.9. The molecule has 6 heteroatoms. The lowest BCUT2D eigenvalue weighted by molar-refractivity contribution is -0.115. The van der Waals surface area contributed by atoms with Crippen LogP contribution in [0, 0.1) is 13.8 Å². The first-order valence-corrected chi connectivity index (χ1v) is 7.70. The number of benzene rings is 1. The first-order valence-electron chi connectivity index (χ1n) is 5.99. The van der Waals surface area contributed by atoms with Gasteiger partial charge in [0.25, 0.3) is 0 Å². The molecule has 19 heavy (non-hydrogen) atoms. The highest BCUT2D eigenvalue weighted by Gasteiger charge is 2.27. The van der Waals surface area contributed by atoms with Gasteiger partial charge in [0.05, 0.1) is 12.4 Å². The molecule has 5 nitrogen and oxygen atoms in total. The maximum absolute atomic E-state index is 11.9. The second-order valence-electron chi connectivity index (χ2n) is 4.47. The van der Waals surface area contributed by atoms with Crippen molar-refractivity contribution in [2.24, 2.45) is 0 Å². The number of sulfone groups is 1. The molecule has 2 N–H and O–H groups in total. The molecule has 0 heterocycles. The minimum atomic E-state index is -3.61. The largest absolute Gasteiger partial charge is 0.395 e. The fourth-order valence-corrected chi connectivity index (χ4v) is 2.58. The second-order valence-corrected chi connectivity index (χ2v) is 6.91. The van der Waals surface area contributed by atoms with Crippen LogP contribution in [0.5, 0.6) is 0 Å². The third-order valence-corrected chi connectivity index (χ3v) is 5.19. The highest BCUT2D eigenvalue weighted by Crippen LogP contribution is 2.18. The van der Waals surface area contributed by atoms with Crippen LogP contribution in [-0.2, 0) is 14.6 Å². The Labute approximate surface area is 113 Å². The van der Waals surface area contributed by atoms with Crippen molar-refractivity contribution in [1.82, 2.24) is 0 Å². The van der Waals surface area contributed by atoms with Crippen LogP contribution in [0.25, 0.3) is 0 Å². The maximum atomic E-state index is 11.9. The summed E-state index contributed by atoms with van der Waals surface area (Å²) in [6.45, 7) is 4.61. The van der Waals surface area contributed by atoms with Gasteiger partial charge in [-0.3, -0.25) is 4.79 Å². The van der Waals surface area contributed by atoms with E-state index in [1.54, 1.807) is 12.1 Å². The van der Waals surface area contributed by atoms with E-state index in [1.165, 1.54) is 6.92 Å². The number of carbonyl (C=O) groups excluding carboxylic acids is 1. The number of aliphatic hydroxyl groups excluding tert-OH is 1. The second kappa shape index (κ2) is 6.16. The van der Waals surface area contributed by atoms with Crippen molar-refractivity contribution in [3.05, 3.63) is 29.3 Å². The molecule has 1 unspecified atom stereocenters. The van der Waals surface area contributed by atoms with Gasteiger partial charge in [0.1, 0.15) is 5.25 Å². The van der Waals surface area contributed by atoms with E-state index in [1.807, 2.05) is 19.9 Å². The lowest BCUT2D eigenvalue weighted by Crippen LogP contribution is -2.35. The highest BCUT2D eigenvalue weighted by atomic mass is 32.2. The van der Waals surface area contributed by atoms with Crippen molar-refractivity contribution in [3.63, 3.8) is 0 Å². The normalized spacial score (nSPS) is 13.1. The molecule has 106 valence electrons. The maximum Gasteiger partial charge on any atom is 0.242 e. The molecule has 0 saturated heterocycles. The van der Waals surface area contributed by atoms with Crippen molar-refractivity contribution in [2.45, 2.75) is 26.0 Å². The van der Waals surface area contributed by atoms with E-state index in [4.69, 9.17) is 5.11 Å². The average molecular weight is 285 g/mol. The molecule has 0 spiro atoms. The number of hydrogen-bond acceptors (Lipinski definition) is 4. The highest BCUT2D eigenvalue weighted by molar-refractivity contribution is 7.92. The lowest BCUT2D eigenvalue weighted by Gasteiger charge is -2.14. The number of anilines is 1. The van der Waals surface area contributed by atoms with Crippen molar-refractivity contribution in [1.29, 1.82) is 0 Å². The molecule has 1 amide bonds. The van der Waals surface area contributed by atoms with Gasteiger partial charge in [0.2, 0.25) is 5.91 Å². The number of hydrogen-bond donors (Lipinski definition) is 2. The minimum absolute atomic E-state index is 0.408. The summed E-state index contributed by atoms with van der Waals surface area (Å²) in [5, 5.41) is 10.1. The van der Waals surface area contributed by atoms with Crippen molar-refractivity contribution < 1.29 is 18.3 Å². The van der Waals surface area contributed by atoms with Gasteiger partial charge in [-0.25, -0.2) is 8.42 Å². The summed E-state index contributed by atoms with van der Waals surface area (Å²) in [5.41, 5.74) is 2.53. The lowest BCUT2D eigenvalue weighted by atomic mass is 10.1. The Balaban J connectivity index is 2.89. The van der Waals surface area contributed by atoms with Crippen LogP contribution in [0.3, 0.4) is 0 Å². The van der Waals surface area contributed by atoms with E-state index >= 15 is 0 Å². The first kappa shape index (κ1) is 15.7. The quantitative estimate of drug-likeness (QED) is 0.846. The Morgan fingerprint density at radius 2 is 2.00 bits per heavy atom. The first-order chi connectivity index (χ1) is 8.79. The van der Waals surface area contributed by atoms with Crippen LogP contribution >= 0.6 is 0 Å². The molecule has 0 radical (unpaired) electrons. The van der Waals surface area contributed by atoms with Crippen LogP contribution < -0.4 is 5.32 Å². The van der Waals surface area contributed by atoms with Gasteiger partial charge in [-0.05, 0) is 38.0 Å². The summed E-state index contributed by atoms with van der Waals surface area (Å²) < 4.78 is 23.4. The van der Waals surface area contributed by atoms with Crippen LogP contribution in [0.1, 0.15) is 18.1 Å². The zero-order chi connectivity index (χ0) is 14.6. The van der Waals surface area contributed by atoms with E-state index in [9.17, 15) is 13.2 Å². The van der Waals surface area contributed by atoms with E-state index in [0.717, 1.165) is 11.1 Å². The monoisotopic (exact) mass is 285 g/mol. The molecular weight excluding hydrogens is 266 g/mol. The summed E-state index contributed by atoms with van der Waals surface area (Å²) in [7, 11) is -3.61. The third-order valence-electron chi connectivity index (χ3n) is 3.15. The molecule has 0 aliphatic heterocycles. The Hall–Kier alpha value is -1.40. The van der Waals surface area contributed by atoms with Crippen molar-refractivity contribution in [3.8, 4) is 0 Å². The summed E-state index contributed by atoms with van der Waals surface area (Å²) >= 11 is 0. The van der Waals surface area contributed by atoms with Gasteiger partial charge in [0.15, 0.2) is 9.84 Å². The van der Waals surface area contributed by atoms with Crippen molar-refractivity contribution in [2.75, 3.05) is 17.7 Å². The van der Waals surface area contributed by atoms with E-state index < -0.39 is 33.4 Å². The predicted octanol–water partition coefficient (Wildman–Crippen LogP) is 1.04. The molecule has 0 saturated carbocycles. The Morgan fingerprint density at radius 1 is 1.37 bits per heavy atom. The molecular formula is C13H19NO4S. The van der Waals surface area contributed by atoms with Gasteiger partial charge in [-0.1, -0.05) is 12.1 Å². The van der Waals surface area contributed by atoms with E-state index in [0.29, 0.717) is 5.69 Å².